The van der Waals surface area contributed by atoms with E-state index in [0.29, 0.717) is 0 Å². The SMILES string of the molecule is [Li][c]1c2ccccc2c(C(=S)N(SC)SC)c2ccccc12. The van der Waals surface area contributed by atoms with Gasteiger partial charge in [-0.1, -0.05) is 0 Å². The van der Waals surface area contributed by atoms with Gasteiger partial charge in [0.1, 0.15) is 0 Å². The van der Waals surface area contributed by atoms with Crippen LogP contribution in [0.1, 0.15) is 5.56 Å². The predicted octanol–water partition coefficient (Wildman–Crippen LogP) is 4.32. The Balaban J connectivity index is 2.44. The zero-order chi connectivity index (χ0) is 15.7. The van der Waals surface area contributed by atoms with Gasteiger partial charge in [-0.15, -0.1) is 0 Å². The number of nitrogens with zero attached hydrogens (tertiary/aromatic N) is 1. The minimum absolute atomic E-state index is 0.882. The summed E-state index contributed by atoms with van der Waals surface area (Å²) >= 11 is 11.3. The normalized spacial score (nSPS) is 11.1. The summed E-state index contributed by atoms with van der Waals surface area (Å²) in [7, 11) is 0. The van der Waals surface area contributed by atoms with Gasteiger partial charge in [0.15, 0.2) is 0 Å². The number of benzene rings is 3. The predicted molar refractivity (Wildman–Crippen MR) is 107 cm³/mol. The Kier molecular flexibility index (Phi) is 5.06. The van der Waals surface area contributed by atoms with Crippen LogP contribution in [0.3, 0.4) is 0 Å². The van der Waals surface area contributed by atoms with Crippen molar-refractivity contribution in [3.8, 4) is 0 Å². The average Bonchev–Trinajstić information content (AvgIpc) is 2.56. The van der Waals surface area contributed by atoms with Crippen molar-refractivity contribution in [3.05, 3.63) is 54.1 Å². The number of rotatable bonds is 3. The fourth-order valence-electron chi connectivity index (χ4n) is 2.91. The van der Waals surface area contributed by atoms with Crippen LogP contribution in [0.4, 0.5) is 0 Å². The third-order valence-corrected chi connectivity index (χ3v) is 6.45. The molecule has 0 amide bonds. The molecule has 0 bridgehead atoms. The molecule has 0 spiro atoms. The van der Waals surface area contributed by atoms with Crippen molar-refractivity contribution >= 4 is 84.6 Å². The van der Waals surface area contributed by atoms with Gasteiger partial charge in [0.05, 0.1) is 0 Å². The van der Waals surface area contributed by atoms with Crippen LogP contribution < -0.4 is 4.24 Å². The molecule has 22 heavy (non-hydrogen) atoms. The summed E-state index contributed by atoms with van der Waals surface area (Å²) < 4.78 is 3.41. The van der Waals surface area contributed by atoms with E-state index in [1.54, 1.807) is 23.9 Å². The molecule has 0 aliphatic heterocycles. The number of hydrogen-bond acceptors (Lipinski definition) is 3. The fourth-order valence-corrected chi connectivity index (χ4v) is 4.69. The first kappa shape index (κ1) is 16.2. The van der Waals surface area contributed by atoms with Crippen molar-refractivity contribution in [2.24, 2.45) is 0 Å². The third kappa shape index (κ3) is 2.68. The van der Waals surface area contributed by atoms with Crippen molar-refractivity contribution in [3.63, 3.8) is 0 Å². The average molecular weight is 335 g/mol. The van der Waals surface area contributed by atoms with Crippen LogP contribution in [0.25, 0.3) is 21.5 Å². The quantitative estimate of drug-likeness (QED) is 0.303. The van der Waals surface area contributed by atoms with Crippen molar-refractivity contribution in [2.75, 3.05) is 12.5 Å². The maximum absolute atomic E-state index is 5.82. The molecule has 0 saturated heterocycles. The summed E-state index contributed by atoms with van der Waals surface area (Å²) in [4.78, 5) is 0.882. The molecule has 0 aliphatic rings. The Labute approximate surface area is 154 Å². The minimum atomic E-state index is 0.882. The first-order valence-corrected chi connectivity index (χ1v) is 9.79. The zero-order valence-electron chi connectivity index (χ0n) is 12.8. The summed E-state index contributed by atoms with van der Waals surface area (Å²) in [6.07, 6.45) is 4.11. The summed E-state index contributed by atoms with van der Waals surface area (Å²) in [5, 5.41) is 5.02. The summed E-state index contributed by atoms with van der Waals surface area (Å²) in [5.41, 5.74) is 1.16. The van der Waals surface area contributed by atoms with E-state index >= 15 is 0 Å². The fraction of sp³-hybridized carbons (Fsp3) is 0.118. The van der Waals surface area contributed by atoms with Crippen LogP contribution in [0.15, 0.2) is 48.5 Å². The van der Waals surface area contributed by atoms with Crippen molar-refractivity contribution in [1.29, 1.82) is 0 Å². The maximum atomic E-state index is 5.82. The molecule has 5 heteroatoms. The topological polar surface area (TPSA) is 3.24 Å². The Morgan fingerprint density at radius 1 is 0.864 bits per heavy atom. The molecule has 0 heterocycles. The van der Waals surface area contributed by atoms with Gasteiger partial charge < -0.3 is 0 Å². The van der Waals surface area contributed by atoms with E-state index < -0.39 is 0 Å². The molecule has 3 rings (SSSR count). The van der Waals surface area contributed by atoms with Crippen LogP contribution >= 0.6 is 36.1 Å². The van der Waals surface area contributed by atoms with E-state index in [2.05, 4.69) is 82.5 Å². The molecule has 0 aromatic heterocycles. The molecule has 0 saturated carbocycles. The molecule has 0 radical (unpaired) electrons. The van der Waals surface area contributed by atoms with Crippen LogP contribution in [-0.2, 0) is 0 Å². The van der Waals surface area contributed by atoms with E-state index in [4.69, 9.17) is 12.2 Å². The van der Waals surface area contributed by atoms with E-state index in [1.807, 2.05) is 0 Å². The number of fused-ring (bicyclic) bond motifs is 2. The molecule has 0 atom stereocenters. The summed E-state index contributed by atoms with van der Waals surface area (Å²) in [6.45, 7) is 0. The second-order valence-corrected chi connectivity index (χ2v) is 7.10. The first-order chi connectivity index (χ1) is 10.7. The molecule has 0 unspecified atom stereocenters. The molecular formula is C17H14LiNS3. The molecule has 1 nitrogen and oxygen atoms in total. The van der Waals surface area contributed by atoms with Crippen molar-refractivity contribution in [1.82, 2.24) is 3.71 Å². The van der Waals surface area contributed by atoms with Crippen LogP contribution in [0.2, 0.25) is 0 Å². The monoisotopic (exact) mass is 335 g/mol. The van der Waals surface area contributed by atoms with Crippen LogP contribution in [-0.4, -0.2) is 38.9 Å². The van der Waals surface area contributed by atoms with Gasteiger partial charge in [-0.25, -0.2) is 0 Å². The van der Waals surface area contributed by atoms with E-state index in [-0.39, 0.29) is 0 Å². The molecule has 3 aromatic carbocycles. The van der Waals surface area contributed by atoms with Gasteiger partial charge in [-0.05, 0) is 0 Å². The second kappa shape index (κ2) is 6.86. The number of hydrogen-bond donors (Lipinski definition) is 0. The molecule has 0 N–H and O–H groups in total. The second-order valence-electron chi connectivity index (χ2n) is 5.02. The van der Waals surface area contributed by atoms with Crippen molar-refractivity contribution in [2.45, 2.75) is 0 Å². The molecule has 0 fully saturated rings. The van der Waals surface area contributed by atoms with E-state index in [1.165, 1.54) is 25.8 Å². The Bertz CT molecular complexity index is 802. The van der Waals surface area contributed by atoms with Gasteiger partial charge >= 0.3 is 155 Å². The van der Waals surface area contributed by atoms with Crippen LogP contribution in [0, 0.1) is 0 Å². The van der Waals surface area contributed by atoms with Crippen LogP contribution in [0.5, 0.6) is 0 Å². The summed E-state index contributed by atoms with van der Waals surface area (Å²) in [5.74, 6) is 0. The standard InChI is InChI=1S/C17H14NS3.Li/c1-20-18(21-2)17(19)16-14-9-5-3-7-12(14)11-13-8-4-6-10-15(13)16;/h3-10H,1-2H3;. The summed E-state index contributed by atoms with van der Waals surface area (Å²) in [6, 6.07) is 17.1. The first-order valence-electron chi connectivity index (χ1n) is 7.01. The van der Waals surface area contributed by atoms with Gasteiger partial charge in [-0.2, -0.15) is 0 Å². The molecular weight excluding hydrogens is 321 g/mol. The van der Waals surface area contributed by atoms with Gasteiger partial charge in [-0.3, -0.25) is 0 Å². The Morgan fingerprint density at radius 2 is 1.27 bits per heavy atom. The third-order valence-electron chi connectivity index (χ3n) is 3.91. The van der Waals surface area contributed by atoms with E-state index in [0.717, 1.165) is 10.6 Å². The van der Waals surface area contributed by atoms with Gasteiger partial charge in [0.2, 0.25) is 0 Å². The molecule has 106 valence electrons. The van der Waals surface area contributed by atoms with Crippen molar-refractivity contribution < 1.29 is 0 Å². The molecule has 0 aliphatic carbocycles. The Morgan fingerprint density at radius 3 is 1.68 bits per heavy atom. The van der Waals surface area contributed by atoms with Gasteiger partial charge in [0.25, 0.3) is 0 Å². The van der Waals surface area contributed by atoms with Gasteiger partial charge in [0, 0.05) is 0 Å². The Hall–Kier alpha value is -0.633. The number of thiocarbonyl (C=S) groups is 1. The molecule has 3 aromatic rings. The van der Waals surface area contributed by atoms with E-state index in [9.17, 15) is 0 Å². The zero-order valence-corrected chi connectivity index (χ0v) is 15.2.